The molecule has 0 radical (unpaired) electrons. The van der Waals surface area contributed by atoms with Gasteiger partial charge in [-0.1, -0.05) is 18.2 Å². The Labute approximate surface area is 98.0 Å². The molecule has 0 aromatic heterocycles. The molecule has 1 aromatic carbocycles. The van der Waals surface area contributed by atoms with Crippen molar-refractivity contribution in [3.05, 3.63) is 34.9 Å². The van der Waals surface area contributed by atoms with E-state index in [4.69, 9.17) is 10.6 Å². The summed E-state index contributed by atoms with van der Waals surface area (Å²) >= 11 is 0. The summed E-state index contributed by atoms with van der Waals surface area (Å²) in [6.45, 7) is 7.75. The van der Waals surface area contributed by atoms with Crippen molar-refractivity contribution in [1.29, 1.82) is 0 Å². The van der Waals surface area contributed by atoms with E-state index in [2.05, 4.69) is 37.5 Å². The molecule has 0 amide bonds. The maximum Gasteiger partial charge on any atom is 0.0484 e. The first kappa shape index (κ1) is 13.2. The van der Waals surface area contributed by atoms with Crippen LogP contribution < -0.4 is 11.3 Å². The molecule has 0 fully saturated rings. The topological polar surface area (TPSA) is 47.3 Å². The molecule has 0 heterocycles. The standard InChI is InChI=1S/C13H22N2O/c1-4-16-9-8-13(15-14)12-7-5-6-10(2)11(12)3/h5-7,13,15H,4,8-9,14H2,1-3H3. The molecule has 0 saturated carbocycles. The molecule has 90 valence electrons. The first-order valence-corrected chi connectivity index (χ1v) is 5.80. The number of hydrogen-bond donors (Lipinski definition) is 2. The van der Waals surface area contributed by atoms with Gasteiger partial charge >= 0.3 is 0 Å². The largest absolute Gasteiger partial charge is 0.382 e. The van der Waals surface area contributed by atoms with E-state index in [0.29, 0.717) is 0 Å². The second-order valence-corrected chi connectivity index (χ2v) is 3.99. The maximum atomic E-state index is 5.60. The van der Waals surface area contributed by atoms with E-state index in [0.717, 1.165) is 19.6 Å². The molecule has 3 heteroatoms. The van der Waals surface area contributed by atoms with E-state index in [-0.39, 0.29) is 6.04 Å². The van der Waals surface area contributed by atoms with Gasteiger partial charge in [0.25, 0.3) is 0 Å². The zero-order chi connectivity index (χ0) is 12.0. The number of aryl methyl sites for hydroxylation is 1. The highest BCUT2D eigenvalue weighted by Gasteiger charge is 2.12. The van der Waals surface area contributed by atoms with Crippen LogP contribution in [-0.4, -0.2) is 13.2 Å². The van der Waals surface area contributed by atoms with Crippen molar-refractivity contribution in [1.82, 2.24) is 5.43 Å². The van der Waals surface area contributed by atoms with Crippen LogP contribution in [0.15, 0.2) is 18.2 Å². The third-order valence-corrected chi connectivity index (χ3v) is 2.98. The molecule has 0 aliphatic heterocycles. The van der Waals surface area contributed by atoms with Crippen molar-refractivity contribution in [2.45, 2.75) is 33.2 Å². The Bertz CT molecular complexity index is 326. The Kier molecular flexibility index (Phi) is 5.46. The molecule has 1 aromatic rings. The molecule has 3 nitrogen and oxygen atoms in total. The lowest BCUT2D eigenvalue weighted by molar-refractivity contribution is 0.136. The van der Waals surface area contributed by atoms with Gasteiger partial charge in [0.05, 0.1) is 0 Å². The number of rotatable bonds is 6. The van der Waals surface area contributed by atoms with Crippen LogP contribution in [0.2, 0.25) is 0 Å². The number of nitrogens with one attached hydrogen (secondary N) is 1. The molecule has 0 aliphatic rings. The van der Waals surface area contributed by atoms with Crippen molar-refractivity contribution < 1.29 is 4.74 Å². The summed E-state index contributed by atoms with van der Waals surface area (Å²) in [5.41, 5.74) is 6.74. The van der Waals surface area contributed by atoms with E-state index in [9.17, 15) is 0 Å². The molecule has 1 unspecified atom stereocenters. The van der Waals surface area contributed by atoms with Crippen LogP contribution in [0, 0.1) is 13.8 Å². The minimum atomic E-state index is 0.173. The molecule has 1 rings (SSSR count). The van der Waals surface area contributed by atoms with E-state index < -0.39 is 0 Å². The first-order chi connectivity index (χ1) is 7.70. The SMILES string of the molecule is CCOCCC(NN)c1cccc(C)c1C. The van der Waals surface area contributed by atoms with Gasteiger partial charge in [-0.3, -0.25) is 11.3 Å². The van der Waals surface area contributed by atoms with Gasteiger partial charge in [-0.05, 0) is 43.9 Å². The molecular weight excluding hydrogens is 200 g/mol. The highest BCUT2D eigenvalue weighted by Crippen LogP contribution is 2.22. The van der Waals surface area contributed by atoms with Gasteiger partial charge in [0.15, 0.2) is 0 Å². The van der Waals surface area contributed by atoms with E-state index in [1.807, 2.05) is 6.92 Å². The van der Waals surface area contributed by atoms with Crippen molar-refractivity contribution >= 4 is 0 Å². The summed E-state index contributed by atoms with van der Waals surface area (Å²) < 4.78 is 5.36. The normalized spacial score (nSPS) is 12.8. The van der Waals surface area contributed by atoms with E-state index in [1.165, 1.54) is 16.7 Å². The predicted molar refractivity (Wildman–Crippen MR) is 67.1 cm³/mol. The van der Waals surface area contributed by atoms with Crippen LogP contribution in [0.5, 0.6) is 0 Å². The fourth-order valence-corrected chi connectivity index (χ4v) is 1.83. The van der Waals surface area contributed by atoms with Crippen LogP contribution in [0.3, 0.4) is 0 Å². The van der Waals surface area contributed by atoms with Crippen molar-refractivity contribution in [2.75, 3.05) is 13.2 Å². The van der Waals surface area contributed by atoms with Gasteiger partial charge in [0, 0.05) is 19.3 Å². The van der Waals surface area contributed by atoms with Gasteiger partial charge in [-0.25, -0.2) is 0 Å². The zero-order valence-electron chi connectivity index (χ0n) is 10.4. The first-order valence-electron chi connectivity index (χ1n) is 5.80. The maximum absolute atomic E-state index is 5.60. The fraction of sp³-hybridized carbons (Fsp3) is 0.538. The lowest BCUT2D eigenvalue weighted by Crippen LogP contribution is -2.29. The highest BCUT2D eigenvalue weighted by atomic mass is 16.5. The van der Waals surface area contributed by atoms with E-state index >= 15 is 0 Å². The van der Waals surface area contributed by atoms with Crippen LogP contribution in [0.25, 0.3) is 0 Å². The van der Waals surface area contributed by atoms with E-state index in [1.54, 1.807) is 0 Å². The minimum absolute atomic E-state index is 0.173. The van der Waals surface area contributed by atoms with Crippen molar-refractivity contribution in [3.63, 3.8) is 0 Å². The minimum Gasteiger partial charge on any atom is -0.382 e. The zero-order valence-corrected chi connectivity index (χ0v) is 10.4. The summed E-state index contributed by atoms with van der Waals surface area (Å²) in [5, 5.41) is 0. The number of benzene rings is 1. The molecular formula is C13H22N2O. The van der Waals surface area contributed by atoms with Crippen molar-refractivity contribution in [3.8, 4) is 0 Å². The number of hydrogen-bond acceptors (Lipinski definition) is 3. The Morgan fingerprint density at radius 3 is 2.75 bits per heavy atom. The van der Waals surface area contributed by atoms with Crippen LogP contribution in [0.1, 0.15) is 36.1 Å². The van der Waals surface area contributed by atoms with Crippen LogP contribution in [0.4, 0.5) is 0 Å². The molecule has 0 bridgehead atoms. The molecule has 0 aliphatic carbocycles. The number of hydrazine groups is 1. The average Bonchev–Trinajstić information content (AvgIpc) is 2.29. The quantitative estimate of drug-likeness (QED) is 0.441. The average molecular weight is 222 g/mol. The van der Waals surface area contributed by atoms with Crippen LogP contribution in [-0.2, 0) is 4.74 Å². The van der Waals surface area contributed by atoms with Gasteiger partial charge in [0.1, 0.15) is 0 Å². The monoisotopic (exact) mass is 222 g/mol. The van der Waals surface area contributed by atoms with Gasteiger partial charge < -0.3 is 4.74 Å². The number of ether oxygens (including phenoxy) is 1. The summed E-state index contributed by atoms with van der Waals surface area (Å²) in [4.78, 5) is 0. The van der Waals surface area contributed by atoms with Gasteiger partial charge in [0.2, 0.25) is 0 Å². The molecule has 0 saturated heterocycles. The lowest BCUT2D eigenvalue weighted by atomic mass is 9.96. The number of nitrogens with two attached hydrogens (primary N) is 1. The Balaban J connectivity index is 2.74. The third kappa shape index (κ3) is 3.30. The molecule has 0 spiro atoms. The second kappa shape index (κ2) is 6.63. The van der Waals surface area contributed by atoms with Crippen LogP contribution >= 0.6 is 0 Å². The molecule has 3 N–H and O–H groups in total. The highest BCUT2D eigenvalue weighted by molar-refractivity contribution is 5.35. The Morgan fingerprint density at radius 1 is 1.38 bits per heavy atom. The predicted octanol–water partition coefficient (Wildman–Crippen LogP) is 2.23. The van der Waals surface area contributed by atoms with Gasteiger partial charge in [-0.15, -0.1) is 0 Å². The third-order valence-electron chi connectivity index (χ3n) is 2.98. The summed E-state index contributed by atoms with van der Waals surface area (Å²) in [5.74, 6) is 5.60. The van der Waals surface area contributed by atoms with Gasteiger partial charge in [-0.2, -0.15) is 0 Å². The fourth-order valence-electron chi connectivity index (χ4n) is 1.83. The summed E-state index contributed by atoms with van der Waals surface area (Å²) in [6.07, 6.45) is 0.897. The van der Waals surface area contributed by atoms with Crippen molar-refractivity contribution in [2.24, 2.45) is 5.84 Å². The lowest BCUT2D eigenvalue weighted by Gasteiger charge is -2.19. The summed E-state index contributed by atoms with van der Waals surface area (Å²) in [6, 6.07) is 6.49. The smallest absolute Gasteiger partial charge is 0.0484 e. The Morgan fingerprint density at radius 2 is 2.12 bits per heavy atom. The second-order valence-electron chi connectivity index (χ2n) is 3.99. The molecule has 16 heavy (non-hydrogen) atoms. The Hall–Kier alpha value is -0.900. The molecule has 1 atom stereocenters. The summed E-state index contributed by atoms with van der Waals surface area (Å²) in [7, 11) is 0.